The Balaban J connectivity index is 1.81. The molecule has 20 heavy (non-hydrogen) atoms. The van der Waals surface area contributed by atoms with Crippen molar-refractivity contribution >= 4 is 0 Å². The van der Waals surface area contributed by atoms with Gasteiger partial charge in [-0.05, 0) is 38.5 Å². The molecule has 0 saturated carbocycles. The van der Waals surface area contributed by atoms with Crippen molar-refractivity contribution in [1.29, 1.82) is 0 Å². The Labute approximate surface area is 121 Å². The summed E-state index contributed by atoms with van der Waals surface area (Å²) >= 11 is 0. The number of morpholine rings is 1. The van der Waals surface area contributed by atoms with Gasteiger partial charge in [0.1, 0.15) is 5.82 Å². The second-order valence-electron chi connectivity index (χ2n) is 5.76. The Hall–Kier alpha value is -0.970. The maximum atomic E-state index is 12.9. The molecule has 1 fully saturated rings. The van der Waals surface area contributed by atoms with Gasteiger partial charge in [-0.1, -0.05) is 12.1 Å². The first-order chi connectivity index (χ1) is 9.56. The highest BCUT2D eigenvalue weighted by atomic mass is 19.1. The number of nitrogens with zero attached hydrogens (tertiary/aromatic N) is 1. The Morgan fingerprint density at radius 1 is 1.30 bits per heavy atom. The third-order valence-corrected chi connectivity index (χ3v) is 3.92. The fourth-order valence-corrected chi connectivity index (χ4v) is 2.51. The molecule has 4 heteroatoms. The van der Waals surface area contributed by atoms with Crippen LogP contribution in [0.3, 0.4) is 0 Å². The summed E-state index contributed by atoms with van der Waals surface area (Å²) in [4.78, 5) is 2.44. The van der Waals surface area contributed by atoms with Crippen molar-refractivity contribution in [1.82, 2.24) is 10.2 Å². The summed E-state index contributed by atoms with van der Waals surface area (Å²) in [5.41, 5.74) is 1.10. The van der Waals surface area contributed by atoms with Crippen LogP contribution in [0.4, 0.5) is 4.39 Å². The van der Waals surface area contributed by atoms with Gasteiger partial charge in [-0.2, -0.15) is 0 Å². The first-order valence-electron chi connectivity index (χ1n) is 7.40. The van der Waals surface area contributed by atoms with Gasteiger partial charge in [0.2, 0.25) is 0 Å². The van der Waals surface area contributed by atoms with Crippen molar-refractivity contribution in [2.45, 2.75) is 39.0 Å². The van der Waals surface area contributed by atoms with Crippen LogP contribution in [0, 0.1) is 5.82 Å². The zero-order valence-electron chi connectivity index (χ0n) is 12.6. The molecule has 1 aliphatic rings. The molecule has 1 heterocycles. The van der Waals surface area contributed by atoms with E-state index in [1.54, 1.807) is 0 Å². The SMILES string of the molecule is CC(C)N1CCOC(CN[C@H](C)c2ccc(F)cc2)C1. The fourth-order valence-electron chi connectivity index (χ4n) is 2.51. The number of ether oxygens (including phenoxy) is 1. The highest BCUT2D eigenvalue weighted by Crippen LogP contribution is 2.14. The van der Waals surface area contributed by atoms with Crippen LogP contribution in [0.25, 0.3) is 0 Å². The van der Waals surface area contributed by atoms with Crippen molar-refractivity contribution in [2.75, 3.05) is 26.2 Å². The van der Waals surface area contributed by atoms with Crippen molar-refractivity contribution in [3.63, 3.8) is 0 Å². The Kier molecular flexibility index (Phi) is 5.52. The van der Waals surface area contributed by atoms with Crippen LogP contribution in [0.15, 0.2) is 24.3 Å². The van der Waals surface area contributed by atoms with Gasteiger partial charge in [0, 0.05) is 31.7 Å². The lowest BCUT2D eigenvalue weighted by Crippen LogP contribution is -2.49. The molecule has 3 nitrogen and oxygen atoms in total. The van der Waals surface area contributed by atoms with E-state index in [-0.39, 0.29) is 18.0 Å². The van der Waals surface area contributed by atoms with Crippen LogP contribution < -0.4 is 5.32 Å². The number of halogens is 1. The summed E-state index contributed by atoms with van der Waals surface area (Å²) < 4.78 is 18.7. The zero-order chi connectivity index (χ0) is 14.5. The smallest absolute Gasteiger partial charge is 0.123 e. The monoisotopic (exact) mass is 280 g/mol. The molecule has 2 atom stereocenters. The van der Waals surface area contributed by atoms with E-state index in [1.165, 1.54) is 12.1 Å². The van der Waals surface area contributed by atoms with E-state index >= 15 is 0 Å². The molecule has 0 bridgehead atoms. The standard InChI is InChI=1S/C16H25FN2O/c1-12(2)19-8-9-20-16(11-19)10-18-13(3)14-4-6-15(17)7-5-14/h4-7,12-13,16,18H,8-11H2,1-3H3/t13-,16?/m1/s1. The van der Waals surface area contributed by atoms with Crippen LogP contribution in [0.1, 0.15) is 32.4 Å². The zero-order valence-corrected chi connectivity index (χ0v) is 12.6. The second-order valence-corrected chi connectivity index (χ2v) is 5.76. The van der Waals surface area contributed by atoms with E-state index < -0.39 is 0 Å². The van der Waals surface area contributed by atoms with E-state index in [2.05, 4.69) is 31.0 Å². The average Bonchev–Trinajstić information content (AvgIpc) is 2.46. The van der Waals surface area contributed by atoms with Gasteiger partial charge < -0.3 is 10.1 Å². The number of rotatable bonds is 5. The summed E-state index contributed by atoms with van der Waals surface area (Å²) in [6.45, 7) is 10.1. The lowest BCUT2D eigenvalue weighted by molar-refractivity contribution is -0.0379. The van der Waals surface area contributed by atoms with Gasteiger partial charge in [0.25, 0.3) is 0 Å². The Morgan fingerprint density at radius 2 is 2.00 bits per heavy atom. The van der Waals surface area contributed by atoms with E-state index in [0.29, 0.717) is 6.04 Å². The summed E-state index contributed by atoms with van der Waals surface area (Å²) in [6.07, 6.45) is 0.231. The minimum atomic E-state index is -0.191. The molecular weight excluding hydrogens is 255 g/mol. The molecule has 2 rings (SSSR count). The third kappa shape index (κ3) is 4.27. The van der Waals surface area contributed by atoms with Gasteiger partial charge >= 0.3 is 0 Å². The normalized spacial score (nSPS) is 22.1. The summed E-state index contributed by atoms with van der Waals surface area (Å²) in [7, 11) is 0. The van der Waals surface area contributed by atoms with Gasteiger partial charge in [0.05, 0.1) is 12.7 Å². The minimum absolute atomic E-state index is 0.191. The molecule has 0 aliphatic carbocycles. The maximum Gasteiger partial charge on any atom is 0.123 e. The van der Waals surface area contributed by atoms with Crippen LogP contribution in [-0.2, 0) is 4.74 Å². The third-order valence-electron chi connectivity index (χ3n) is 3.92. The van der Waals surface area contributed by atoms with Crippen molar-refractivity contribution in [3.8, 4) is 0 Å². The Morgan fingerprint density at radius 3 is 2.65 bits per heavy atom. The van der Waals surface area contributed by atoms with E-state index in [1.807, 2.05) is 12.1 Å². The number of hydrogen-bond acceptors (Lipinski definition) is 3. The molecule has 1 aromatic carbocycles. The molecule has 1 unspecified atom stereocenters. The average molecular weight is 280 g/mol. The van der Waals surface area contributed by atoms with Gasteiger partial charge in [-0.3, -0.25) is 4.90 Å². The molecule has 1 N–H and O–H groups in total. The molecule has 112 valence electrons. The summed E-state index contributed by atoms with van der Waals surface area (Å²) in [5.74, 6) is -0.191. The lowest BCUT2D eigenvalue weighted by Gasteiger charge is -2.36. The number of hydrogen-bond donors (Lipinski definition) is 1. The van der Waals surface area contributed by atoms with Gasteiger partial charge in [-0.25, -0.2) is 4.39 Å². The molecule has 1 saturated heterocycles. The highest BCUT2D eigenvalue weighted by molar-refractivity contribution is 5.19. The molecule has 0 radical (unpaired) electrons. The fraction of sp³-hybridized carbons (Fsp3) is 0.625. The van der Waals surface area contributed by atoms with Crippen molar-refractivity contribution in [3.05, 3.63) is 35.6 Å². The molecule has 1 aliphatic heterocycles. The first kappa shape index (κ1) is 15.4. The van der Waals surface area contributed by atoms with Crippen LogP contribution in [0.5, 0.6) is 0 Å². The van der Waals surface area contributed by atoms with Crippen molar-refractivity contribution in [2.24, 2.45) is 0 Å². The van der Waals surface area contributed by atoms with E-state index in [9.17, 15) is 4.39 Å². The van der Waals surface area contributed by atoms with E-state index in [4.69, 9.17) is 4.74 Å². The number of nitrogens with one attached hydrogen (secondary N) is 1. The topological polar surface area (TPSA) is 24.5 Å². The summed E-state index contributed by atoms with van der Waals surface area (Å²) in [5, 5.41) is 3.47. The van der Waals surface area contributed by atoms with Crippen LogP contribution in [-0.4, -0.2) is 43.3 Å². The lowest BCUT2D eigenvalue weighted by atomic mass is 10.1. The van der Waals surface area contributed by atoms with E-state index in [0.717, 1.165) is 31.8 Å². The number of benzene rings is 1. The predicted octanol–water partition coefficient (Wildman–Crippen LogP) is 2.59. The van der Waals surface area contributed by atoms with Crippen LogP contribution >= 0.6 is 0 Å². The molecular formula is C16H25FN2O. The maximum absolute atomic E-state index is 12.9. The Bertz CT molecular complexity index is 407. The van der Waals surface area contributed by atoms with Gasteiger partial charge in [-0.15, -0.1) is 0 Å². The van der Waals surface area contributed by atoms with Gasteiger partial charge in [0.15, 0.2) is 0 Å². The molecule has 0 amide bonds. The second kappa shape index (κ2) is 7.16. The van der Waals surface area contributed by atoms with Crippen LogP contribution in [0.2, 0.25) is 0 Å². The molecule has 0 spiro atoms. The summed E-state index contributed by atoms with van der Waals surface area (Å²) in [6, 6.07) is 7.44. The predicted molar refractivity (Wildman–Crippen MR) is 79.3 cm³/mol. The quantitative estimate of drug-likeness (QED) is 0.897. The largest absolute Gasteiger partial charge is 0.374 e. The molecule has 1 aromatic rings. The highest BCUT2D eigenvalue weighted by Gasteiger charge is 2.22. The first-order valence-corrected chi connectivity index (χ1v) is 7.40. The minimum Gasteiger partial charge on any atom is -0.374 e. The van der Waals surface area contributed by atoms with Crippen molar-refractivity contribution < 1.29 is 9.13 Å². The molecule has 0 aromatic heterocycles.